The van der Waals surface area contributed by atoms with Crippen molar-refractivity contribution in [2.24, 2.45) is 5.92 Å². The van der Waals surface area contributed by atoms with Crippen LogP contribution in [0.3, 0.4) is 0 Å². The molecule has 8 heteroatoms. The minimum atomic E-state index is -4.05. The SMILES string of the molecule is CC(C)C(C)NC(=O)c1cc(S(=O)(=O)Cl)c(Cl)cc1Cl. The molecule has 1 atom stereocenters. The maximum atomic E-state index is 12.1. The van der Waals surface area contributed by atoms with Gasteiger partial charge < -0.3 is 5.32 Å². The van der Waals surface area contributed by atoms with Crippen molar-refractivity contribution in [2.75, 3.05) is 0 Å². The molecule has 0 fully saturated rings. The summed E-state index contributed by atoms with van der Waals surface area (Å²) in [6.45, 7) is 5.73. The lowest BCUT2D eigenvalue weighted by Gasteiger charge is -2.18. The molecule has 0 radical (unpaired) electrons. The maximum Gasteiger partial charge on any atom is 0.262 e. The van der Waals surface area contributed by atoms with Gasteiger partial charge in [0.05, 0.1) is 15.6 Å². The molecular formula is C12H14Cl3NO3S. The fourth-order valence-corrected chi connectivity index (χ4v) is 3.17. The van der Waals surface area contributed by atoms with E-state index in [1.807, 2.05) is 20.8 Å². The van der Waals surface area contributed by atoms with Crippen molar-refractivity contribution in [3.05, 3.63) is 27.7 Å². The molecule has 0 aliphatic carbocycles. The van der Waals surface area contributed by atoms with Gasteiger partial charge in [0.25, 0.3) is 15.0 Å². The van der Waals surface area contributed by atoms with Gasteiger partial charge in [0.15, 0.2) is 0 Å². The fourth-order valence-electron chi connectivity index (χ4n) is 1.34. The normalized spacial score (nSPS) is 13.3. The van der Waals surface area contributed by atoms with E-state index in [1.54, 1.807) is 0 Å². The highest BCUT2D eigenvalue weighted by Gasteiger charge is 2.22. The van der Waals surface area contributed by atoms with Gasteiger partial charge in [-0.3, -0.25) is 4.79 Å². The molecule has 1 unspecified atom stereocenters. The van der Waals surface area contributed by atoms with Crippen LogP contribution < -0.4 is 5.32 Å². The van der Waals surface area contributed by atoms with Crippen LogP contribution in [0.4, 0.5) is 0 Å². The van der Waals surface area contributed by atoms with E-state index in [1.165, 1.54) is 6.07 Å². The smallest absolute Gasteiger partial charge is 0.262 e. The first kappa shape index (κ1) is 17.6. The zero-order valence-corrected chi connectivity index (χ0v) is 14.2. The molecule has 0 aliphatic heterocycles. The van der Waals surface area contributed by atoms with Crippen LogP contribution in [-0.4, -0.2) is 20.4 Å². The van der Waals surface area contributed by atoms with Crippen LogP contribution in [-0.2, 0) is 9.05 Å². The molecule has 0 saturated heterocycles. The minimum absolute atomic E-state index is 0.0165. The average Bonchev–Trinajstić information content (AvgIpc) is 2.26. The van der Waals surface area contributed by atoms with E-state index in [-0.39, 0.29) is 32.5 Å². The highest BCUT2D eigenvalue weighted by Crippen LogP contribution is 2.30. The molecule has 0 aliphatic rings. The van der Waals surface area contributed by atoms with E-state index in [2.05, 4.69) is 5.32 Å². The van der Waals surface area contributed by atoms with Crippen molar-refractivity contribution in [2.45, 2.75) is 31.7 Å². The lowest BCUT2D eigenvalue weighted by molar-refractivity contribution is 0.0930. The lowest BCUT2D eigenvalue weighted by atomic mass is 10.1. The molecule has 1 rings (SSSR count). The first-order valence-electron chi connectivity index (χ1n) is 5.78. The number of halogens is 3. The molecule has 4 nitrogen and oxygen atoms in total. The standard InChI is InChI=1S/C12H14Cl3NO3S/c1-6(2)7(3)16-12(17)8-4-11(20(15,18)19)10(14)5-9(8)13/h4-7H,1-3H3,(H,16,17). The Morgan fingerprint density at radius 1 is 1.15 bits per heavy atom. The van der Waals surface area contributed by atoms with Crippen LogP contribution in [0.2, 0.25) is 10.0 Å². The quantitative estimate of drug-likeness (QED) is 0.835. The number of rotatable bonds is 4. The summed E-state index contributed by atoms with van der Waals surface area (Å²) < 4.78 is 22.8. The number of hydrogen-bond donors (Lipinski definition) is 1. The Kier molecular flexibility index (Phi) is 5.72. The van der Waals surface area contributed by atoms with Gasteiger partial charge >= 0.3 is 0 Å². The zero-order valence-electron chi connectivity index (χ0n) is 11.1. The maximum absolute atomic E-state index is 12.1. The Balaban J connectivity index is 3.22. The zero-order chi connectivity index (χ0) is 15.7. The highest BCUT2D eigenvalue weighted by atomic mass is 35.7. The predicted molar refractivity (Wildman–Crippen MR) is 81.3 cm³/mol. The number of benzene rings is 1. The van der Waals surface area contributed by atoms with Gasteiger partial charge in [0.2, 0.25) is 0 Å². The Morgan fingerprint density at radius 3 is 2.15 bits per heavy atom. The molecule has 0 bridgehead atoms. The molecule has 0 heterocycles. The Morgan fingerprint density at radius 2 is 1.70 bits per heavy atom. The van der Waals surface area contributed by atoms with Crippen molar-refractivity contribution in [3.63, 3.8) is 0 Å². The van der Waals surface area contributed by atoms with Gasteiger partial charge in [-0.25, -0.2) is 8.42 Å². The fraction of sp³-hybridized carbons (Fsp3) is 0.417. The van der Waals surface area contributed by atoms with Gasteiger partial charge in [-0.1, -0.05) is 37.0 Å². The van der Waals surface area contributed by atoms with E-state index in [9.17, 15) is 13.2 Å². The predicted octanol–water partition coefficient (Wildman–Crippen LogP) is 3.70. The third kappa shape index (κ3) is 4.25. The van der Waals surface area contributed by atoms with E-state index in [4.69, 9.17) is 33.9 Å². The van der Waals surface area contributed by atoms with Crippen LogP contribution in [0.1, 0.15) is 31.1 Å². The first-order chi connectivity index (χ1) is 9.04. The number of amides is 1. The molecule has 1 N–H and O–H groups in total. The molecule has 1 aromatic rings. The molecule has 0 spiro atoms. The third-order valence-corrected chi connectivity index (χ3v) is 4.99. The number of hydrogen-bond acceptors (Lipinski definition) is 3. The lowest BCUT2D eigenvalue weighted by Crippen LogP contribution is -2.36. The summed E-state index contributed by atoms with van der Waals surface area (Å²) in [6, 6.07) is 2.17. The van der Waals surface area contributed by atoms with E-state index in [0.29, 0.717) is 0 Å². The van der Waals surface area contributed by atoms with Crippen LogP contribution in [0, 0.1) is 5.92 Å². The van der Waals surface area contributed by atoms with E-state index < -0.39 is 15.0 Å². The van der Waals surface area contributed by atoms with Crippen LogP contribution in [0.25, 0.3) is 0 Å². The highest BCUT2D eigenvalue weighted by molar-refractivity contribution is 8.13. The number of carbonyl (C=O) groups excluding carboxylic acids is 1. The van der Waals surface area contributed by atoms with Gasteiger partial charge in [0.1, 0.15) is 4.90 Å². The Labute approximate surface area is 132 Å². The van der Waals surface area contributed by atoms with Gasteiger partial charge in [-0.05, 0) is 25.0 Å². The van der Waals surface area contributed by atoms with Crippen molar-refractivity contribution < 1.29 is 13.2 Å². The first-order valence-corrected chi connectivity index (χ1v) is 8.85. The third-order valence-electron chi connectivity index (χ3n) is 2.89. The Hall–Kier alpha value is -0.490. The second-order valence-electron chi connectivity index (χ2n) is 4.71. The second-order valence-corrected chi connectivity index (χ2v) is 8.06. The molecule has 1 aromatic carbocycles. The summed E-state index contributed by atoms with van der Waals surface area (Å²) in [4.78, 5) is 11.8. The van der Waals surface area contributed by atoms with Crippen LogP contribution in [0.15, 0.2) is 17.0 Å². The number of carbonyl (C=O) groups is 1. The van der Waals surface area contributed by atoms with Crippen molar-refractivity contribution in [1.29, 1.82) is 0 Å². The largest absolute Gasteiger partial charge is 0.349 e. The summed E-state index contributed by atoms with van der Waals surface area (Å²) in [5.74, 6) is -0.254. The van der Waals surface area contributed by atoms with E-state index >= 15 is 0 Å². The van der Waals surface area contributed by atoms with Gasteiger partial charge in [-0.15, -0.1) is 0 Å². The summed E-state index contributed by atoms with van der Waals surface area (Å²) in [6.07, 6.45) is 0. The van der Waals surface area contributed by atoms with Crippen molar-refractivity contribution in [3.8, 4) is 0 Å². The van der Waals surface area contributed by atoms with Gasteiger partial charge in [0, 0.05) is 16.7 Å². The van der Waals surface area contributed by atoms with E-state index in [0.717, 1.165) is 6.07 Å². The average molecular weight is 359 g/mol. The molecule has 0 saturated carbocycles. The minimum Gasteiger partial charge on any atom is -0.349 e. The van der Waals surface area contributed by atoms with Crippen molar-refractivity contribution >= 4 is 48.8 Å². The molecular weight excluding hydrogens is 345 g/mol. The summed E-state index contributed by atoms with van der Waals surface area (Å²) in [5.41, 5.74) is 0.0165. The van der Waals surface area contributed by atoms with Crippen LogP contribution >= 0.6 is 33.9 Å². The second kappa shape index (κ2) is 6.52. The number of nitrogens with one attached hydrogen (secondary N) is 1. The monoisotopic (exact) mass is 357 g/mol. The van der Waals surface area contributed by atoms with Crippen molar-refractivity contribution in [1.82, 2.24) is 5.32 Å². The topological polar surface area (TPSA) is 63.2 Å². The molecule has 1 amide bonds. The summed E-state index contributed by atoms with van der Waals surface area (Å²) in [7, 11) is 1.21. The Bertz CT molecular complexity index is 629. The molecule has 0 aromatic heterocycles. The van der Waals surface area contributed by atoms with Gasteiger partial charge in [-0.2, -0.15) is 0 Å². The summed E-state index contributed by atoms with van der Waals surface area (Å²) >= 11 is 11.7. The molecule has 112 valence electrons. The van der Waals surface area contributed by atoms with Crippen LogP contribution in [0.5, 0.6) is 0 Å². The molecule has 20 heavy (non-hydrogen) atoms. The summed E-state index contributed by atoms with van der Waals surface area (Å²) in [5, 5.41) is 2.67.